The van der Waals surface area contributed by atoms with E-state index in [9.17, 15) is 4.79 Å². The van der Waals surface area contributed by atoms with Crippen LogP contribution in [0.3, 0.4) is 0 Å². The van der Waals surface area contributed by atoms with Crippen molar-refractivity contribution < 1.29 is 14.3 Å². The number of ether oxygens (including phenoxy) is 2. The summed E-state index contributed by atoms with van der Waals surface area (Å²) in [5.74, 6) is 1.90. The number of rotatable bonds is 6. The Morgan fingerprint density at radius 3 is 2.81 bits per heavy atom. The molecule has 3 aromatic heterocycles. The lowest BCUT2D eigenvalue weighted by atomic mass is 10.2. The average molecular weight is 435 g/mol. The quantitative estimate of drug-likeness (QED) is 0.338. The van der Waals surface area contributed by atoms with Crippen molar-refractivity contribution in [3.8, 4) is 11.5 Å². The van der Waals surface area contributed by atoms with E-state index in [0.29, 0.717) is 24.1 Å². The number of pyridine rings is 1. The molecule has 1 unspecified atom stereocenters. The summed E-state index contributed by atoms with van der Waals surface area (Å²) in [5, 5.41) is 9.04. The Kier molecular flexibility index (Phi) is 5.15. The second kappa shape index (κ2) is 8.11. The molecule has 0 bridgehead atoms. The van der Waals surface area contributed by atoms with Gasteiger partial charge in [-0.25, -0.2) is 0 Å². The molecule has 1 aliphatic rings. The second-order valence-corrected chi connectivity index (χ2v) is 8.46. The predicted octanol–water partition coefficient (Wildman–Crippen LogP) is 3.96. The van der Waals surface area contributed by atoms with Gasteiger partial charge >= 0.3 is 0 Å². The van der Waals surface area contributed by atoms with E-state index in [-0.39, 0.29) is 11.9 Å². The Balaban J connectivity index is 1.29. The van der Waals surface area contributed by atoms with Crippen molar-refractivity contribution in [1.29, 1.82) is 0 Å². The normalized spacial score (nSPS) is 15.4. The number of para-hydroxylation sites is 2. The largest absolute Gasteiger partial charge is 0.486 e. The number of nitrogens with zero attached hydrogens (tertiary/aromatic N) is 4. The Labute approximate surface area is 184 Å². The Bertz CT molecular complexity index is 1260. The van der Waals surface area contributed by atoms with Crippen molar-refractivity contribution in [3.05, 3.63) is 71.7 Å². The fourth-order valence-corrected chi connectivity index (χ4v) is 4.65. The van der Waals surface area contributed by atoms with Crippen LogP contribution in [0.1, 0.15) is 21.7 Å². The molecule has 4 heterocycles. The number of carbonyl (C=O) groups is 1. The van der Waals surface area contributed by atoms with Gasteiger partial charge in [0.05, 0.1) is 12.3 Å². The number of aryl methyl sites for hydroxylation is 1. The van der Waals surface area contributed by atoms with E-state index in [4.69, 9.17) is 9.47 Å². The number of benzene rings is 1. The summed E-state index contributed by atoms with van der Waals surface area (Å²) >= 11 is 1.40. The molecule has 7 nitrogen and oxygen atoms in total. The van der Waals surface area contributed by atoms with E-state index in [1.165, 1.54) is 11.8 Å². The van der Waals surface area contributed by atoms with E-state index in [0.717, 1.165) is 34.1 Å². The number of hydrogen-bond donors (Lipinski definition) is 0. The summed E-state index contributed by atoms with van der Waals surface area (Å²) in [6, 6.07) is 15.4. The lowest BCUT2D eigenvalue weighted by Crippen LogP contribution is -2.33. The maximum absolute atomic E-state index is 13.0. The summed E-state index contributed by atoms with van der Waals surface area (Å²) in [4.78, 5) is 13.0. The van der Waals surface area contributed by atoms with Gasteiger partial charge < -0.3 is 14.0 Å². The Morgan fingerprint density at radius 2 is 1.94 bits per heavy atom. The molecule has 0 amide bonds. The first kappa shape index (κ1) is 19.7. The molecule has 1 atom stereocenters. The Hall–Kier alpha value is -3.26. The van der Waals surface area contributed by atoms with Gasteiger partial charge in [0, 0.05) is 23.1 Å². The van der Waals surface area contributed by atoms with Gasteiger partial charge in [0.15, 0.2) is 34.2 Å². The number of thioether (sulfide) groups is 1. The van der Waals surface area contributed by atoms with Crippen molar-refractivity contribution in [2.45, 2.75) is 31.7 Å². The topological polar surface area (TPSA) is 70.7 Å². The molecule has 0 aliphatic carbocycles. The fraction of sp³-hybridized carbons (Fsp3) is 0.261. The van der Waals surface area contributed by atoms with Crippen LogP contribution in [0.2, 0.25) is 0 Å². The van der Waals surface area contributed by atoms with Gasteiger partial charge in [0.1, 0.15) is 6.61 Å². The van der Waals surface area contributed by atoms with Crippen LogP contribution in [0, 0.1) is 13.8 Å². The van der Waals surface area contributed by atoms with Crippen molar-refractivity contribution >= 4 is 23.2 Å². The molecule has 5 rings (SSSR count). The van der Waals surface area contributed by atoms with Crippen LogP contribution >= 0.6 is 11.8 Å². The molecule has 0 radical (unpaired) electrons. The molecule has 158 valence electrons. The van der Waals surface area contributed by atoms with Crippen LogP contribution in [-0.2, 0) is 6.54 Å². The maximum atomic E-state index is 13.0. The summed E-state index contributed by atoms with van der Waals surface area (Å²) in [7, 11) is 0. The molecule has 31 heavy (non-hydrogen) atoms. The monoisotopic (exact) mass is 434 g/mol. The number of fused-ring (bicyclic) bond motifs is 2. The lowest BCUT2D eigenvalue weighted by molar-refractivity contribution is 0.0777. The zero-order valence-electron chi connectivity index (χ0n) is 17.3. The van der Waals surface area contributed by atoms with Gasteiger partial charge in [-0.1, -0.05) is 30.0 Å². The second-order valence-electron chi connectivity index (χ2n) is 7.52. The van der Waals surface area contributed by atoms with Gasteiger partial charge in [0.2, 0.25) is 0 Å². The molecule has 0 saturated heterocycles. The van der Waals surface area contributed by atoms with E-state index < -0.39 is 0 Å². The average Bonchev–Trinajstić information content (AvgIpc) is 3.33. The van der Waals surface area contributed by atoms with Gasteiger partial charge in [-0.05, 0) is 44.2 Å². The first-order valence-electron chi connectivity index (χ1n) is 10.1. The smallest absolute Gasteiger partial charge is 0.196 e. The van der Waals surface area contributed by atoms with Gasteiger partial charge in [-0.2, -0.15) is 0 Å². The van der Waals surface area contributed by atoms with Gasteiger partial charge in [-0.3, -0.25) is 9.20 Å². The molecule has 0 saturated carbocycles. The third kappa shape index (κ3) is 3.79. The highest BCUT2D eigenvalue weighted by Gasteiger charge is 2.24. The molecule has 4 aromatic rings. The molecular formula is C23H22N4O3S. The SMILES string of the molecule is Cc1cc(C(=O)CSc2nnc3ccccn23)c(C)n1CC1COc2ccccc2O1. The van der Waals surface area contributed by atoms with Crippen LogP contribution in [0.4, 0.5) is 0 Å². The summed E-state index contributed by atoms with van der Waals surface area (Å²) < 4.78 is 16.0. The third-order valence-corrected chi connectivity index (χ3v) is 6.39. The molecule has 1 aromatic carbocycles. The van der Waals surface area contributed by atoms with E-state index in [2.05, 4.69) is 14.8 Å². The zero-order valence-corrected chi connectivity index (χ0v) is 18.1. The fourth-order valence-electron chi connectivity index (χ4n) is 3.85. The number of carbonyl (C=O) groups excluding carboxylic acids is 1. The molecule has 8 heteroatoms. The van der Waals surface area contributed by atoms with Crippen LogP contribution in [0.15, 0.2) is 59.9 Å². The van der Waals surface area contributed by atoms with Crippen molar-refractivity contribution in [1.82, 2.24) is 19.2 Å². The molecule has 1 aliphatic heterocycles. The first-order chi connectivity index (χ1) is 15.1. The predicted molar refractivity (Wildman–Crippen MR) is 118 cm³/mol. The highest BCUT2D eigenvalue weighted by atomic mass is 32.2. The van der Waals surface area contributed by atoms with Gasteiger partial charge in [-0.15, -0.1) is 10.2 Å². The maximum Gasteiger partial charge on any atom is 0.196 e. The molecular weight excluding hydrogens is 412 g/mol. The zero-order chi connectivity index (χ0) is 21.4. The highest BCUT2D eigenvalue weighted by Crippen LogP contribution is 2.31. The van der Waals surface area contributed by atoms with Crippen LogP contribution in [0.25, 0.3) is 5.65 Å². The Morgan fingerprint density at radius 1 is 1.13 bits per heavy atom. The minimum absolute atomic E-state index is 0.0724. The summed E-state index contributed by atoms with van der Waals surface area (Å²) in [5.41, 5.74) is 3.47. The van der Waals surface area contributed by atoms with E-state index in [1.807, 2.05) is 73.0 Å². The van der Waals surface area contributed by atoms with Gasteiger partial charge in [0.25, 0.3) is 0 Å². The van der Waals surface area contributed by atoms with Crippen molar-refractivity contribution in [2.75, 3.05) is 12.4 Å². The van der Waals surface area contributed by atoms with Crippen molar-refractivity contribution in [2.24, 2.45) is 0 Å². The summed E-state index contributed by atoms with van der Waals surface area (Å²) in [6.45, 7) is 5.10. The number of ketones is 1. The number of Topliss-reactive ketones (excluding diaryl/α,β-unsaturated/α-hetero) is 1. The number of aromatic nitrogens is 4. The number of hydrogen-bond acceptors (Lipinski definition) is 6. The minimum atomic E-state index is -0.112. The van der Waals surface area contributed by atoms with Crippen LogP contribution in [-0.4, -0.2) is 43.4 Å². The van der Waals surface area contributed by atoms with Crippen LogP contribution < -0.4 is 9.47 Å². The molecule has 0 fully saturated rings. The summed E-state index contributed by atoms with van der Waals surface area (Å²) in [6.07, 6.45) is 1.79. The van der Waals surface area contributed by atoms with Crippen molar-refractivity contribution in [3.63, 3.8) is 0 Å². The lowest BCUT2D eigenvalue weighted by Gasteiger charge is -2.27. The first-order valence-corrected chi connectivity index (χ1v) is 11.1. The standard InChI is InChI=1S/C23H22N4O3S/c1-15-11-18(19(28)14-31-23-25-24-22-9-5-6-10-26(22)23)16(2)27(15)12-17-13-29-20-7-3-4-8-21(20)30-17/h3-11,17H,12-14H2,1-2H3. The van der Waals surface area contributed by atoms with E-state index >= 15 is 0 Å². The minimum Gasteiger partial charge on any atom is -0.486 e. The third-order valence-electron chi connectivity index (χ3n) is 5.44. The van der Waals surface area contributed by atoms with E-state index in [1.54, 1.807) is 0 Å². The molecule has 0 spiro atoms. The highest BCUT2D eigenvalue weighted by molar-refractivity contribution is 7.99. The van der Waals surface area contributed by atoms with Crippen LogP contribution in [0.5, 0.6) is 11.5 Å². The molecule has 0 N–H and O–H groups in total.